The quantitative estimate of drug-likeness (QED) is 0.106. The molecule has 12 nitrogen and oxygen atoms in total. The Hall–Kier alpha value is -1.70. The van der Waals surface area contributed by atoms with E-state index in [9.17, 15) is 0 Å². The third kappa shape index (κ3) is 13.5. The molecule has 4 aromatic heterocycles. The Labute approximate surface area is 633 Å². The molecule has 8 atom stereocenters. The highest BCUT2D eigenvalue weighted by Gasteiger charge is 2.63. The highest BCUT2D eigenvalue weighted by Crippen LogP contribution is 2.60. The van der Waals surface area contributed by atoms with Gasteiger partial charge in [-0.05, 0) is 90.3 Å². The van der Waals surface area contributed by atoms with E-state index in [0.29, 0.717) is 0 Å². The number of alkyl halides is 12. The second-order valence-electron chi connectivity index (χ2n) is 26.0. The van der Waals surface area contributed by atoms with Gasteiger partial charge in [-0.25, -0.2) is 0 Å². The van der Waals surface area contributed by atoms with Crippen molar-refractivity contribution in [3.05, 3.63) is 164 Å². The summed E-state index contributed by atoms with van der Waals surface area (Å²) in [6.07, 6.45) is -1.89. The van der Waals surface area contributed by atoms with Gasteiger partial charge in [0.2, 0.25) is 0 Å². The molecule has 0 N–H and O–H groups in total. The molecule has 0 saturated carbocycles. The van der Waals surface area contributed by atoms with Gasteiger partial charge < -0.3 is 37.2 Å². The largest absolute Gasteiger partial charge is 0.497 e. The average Bonchev–Trinajstić information content (AvgIpc) is 1.54. The second-order valence-corrected chi connectivity index (χ2v) is 36.9. The SMILES string of the molecule is CC1(C)c2cc3c4cc2[C@H]2OB(O[C@H]21)c1ccc(c2nsnc12)B1O[C@H]2c5cc6c(cc5C(C)(C)[C@H]2O1)[C@@H]1OB(O[C@@H]1C6(C)C)c1ccc(c2nsnc12)B1O[C@H]3[C@@H](O1)C4(C)C.ClC(Cl)Cl.ClC(Cl)Cl.ClC(Cl)Cl.ClC(Cl)Cl.c1ccc2sccc2c1.c1ccc2sccc2c1. The maximum atomic E-state index is 6.98. The molecule has 0 unspecified atom stereocenters. The van der Waals surface area contributed by atoms with Gasteiger partial charge in [0.1, 0.15) is 22.1 Å². The van der Waals surface area contributed by atoms with E-state index < -0.39 is 45.7 Å². The summed E-state index contributed by atoms with van der Waals surface area (Å²) in [5, 5.41) is 6.93. The second kappa shape index (κ2) is 28.7. The van der Waals surface area contributed by atoms with E-state index in [1.165, 1.54) is 65.9 Å². The fraction of sp³-hybridized carbons (Fsp3) is 0.375. The molecule has 21 heterocycles. The van der Waals surface area contributed by atoms with Crippen LogP contribution in [0.1, 0.15) is 124 Å². The lowest BCUT2D eigenvalue weighted by Crippen LogP contribution is -2.41. The molecule has 4 aliphatic carbocycles. The Balaban J connectivity index is 0.000000200. The van der Waals surface area contributed by atoms with Gasteiger partial charge in [-0.1, -0.05) is 280 Å². The van der Waals surface area contributed by atoms with Crippen LogP contribution in [0.25, 0.3) is 42.2 Å². The molecule has 32 heteroatoms. The lowest BCUT2D eigenvalue weighted by molar-refractivity contribution is 0.113. The number of nitrogens with zero attached hydrogens (tertiary/aromatic N) is 4. The van der Waals surface area contributed by atoms with Crippen LogP contribution in [0, 0.1) is 0 Å². The summed E-state index contributed by atoms with van der Waals surface area (Å²) in [4.78, 5) is 0. The molecule has 6 aromatic carbocycles. The first-order chi connectivity index (χ1) is 45.6. The molecule has 31 rings (SSSR count). The normalized spacial score (nSPS) is 24.3. The zero-order valence-corrected chi connectivity index (χ0v) is 64.3. The fourth-order valence-electron chi connectivity index (χ4n) is 14.9. The first kappa shape index (κ1) is 72.6. The van der Waals surface area contributed by atoms with Crippen molar-refractivity contribution in [2.75, 3.05) is 0 Å². The predicted molar refractivity (Wildman–Crippen MR) is 405 cm³/mol. The smallest absolute Gasteiger partial charge is 0.400 e. The van der Waals surface area contributed by atoms with Gasteiger partial charge in [0.25, 0.3) is 0 Å². The van der Waals surface area contributed by atoms with Gasteiger partial charge in [0.05, 0.1) is 72.3 Å². The van der Waals surface area contributed by atoms with Gasteiger partial charge in [-0.3, -0.25) is 0 Å². The fourth-order valence-corrected chi connectivity index (χ4v) is 17.7. The summed E-state index contributed by atoms with van der Waals surface area (Å²) in [5.41, 5.74) is 14.5. The Bertz CT molecular complexity index is 3960. The lowest BCUT2D eigenvalue weighted by atomic mass is 9.71. The summed E-state index contributed by atoms with van der Waals surface area (Å²) >= 11 is 63.6. The maximum Gasteiger partial charge on any atom is 0.497 e. The van der Waals surface area contributed by atoms with Crippen LogP contribution >= 0.6 is 185 Å². The standard InChI is InChI=1S/C44H40B4N4O8S2.2C8H6S.4CHCl3/c1-41(2)21-13-18-22-14-17(21)33-37(41)57-45(53-33)25-9-10-26(30-29(25)49-61-50-30)47-55-35-19-15-24-20(16-23(19)43(5,6)39(35)59-47)36-40(44(24,7)8)60-48(56-36)28-12-11-27(31-32(28)52-62-51-31)46-54-34(18)38(58-46)42(22,3)4;2*1-2-4-8-7(3-1)5-6-9-8;4*2-1(3)4/h9-16,33-40H,1-8H3;2*1-6H;4*1H/t33-,34-,35+,36+,37-,38-,39+,40+;;;;;;. The van der Waals surface area contributed by atoms with E-state index in [4.69, 9.17) is 194 Å². The maximum absolute atomic E-state index is 6.98. The topological polar surface area (TPSA) is 125 Å². The number of hydrogen-bond donors (Lipinski definition) is 0. The summed E-state index contributed by atoms with van der Waals surface area (Å²) < 4.78 is 74.9. The summed E-state index contributed by atoms with van der Waals surface area (Å²) in [6.45, 7) is 18.1. The van der Waals surface area contributed by atoms with Crippen molar-refractivity contribution in [3.8, 4) is 0 Å². The minimum Gasteiger partial charge on any atom is -0.400 e. The van der Waals surface area contributed by atoms with Gasteiger partial charge in [0, 0.05) is 52.9 Å². The molecule has 24 bridgehead atoms. The molecular formula is C64H56B4Cl12N4O8S4. The zero-order chi connectivity index (χ0) is 68.2. The minimum absolute atomic E-state index is 0.210. The Morgan fingerprint density at radius 1 is 0.333 bits per heavy atom. The van der Waals surface area contributed by atoms with Crippen LogP contribution in [-0.2, 0) is 58.9 Å². The van der Waals surface area contributed by atoms with Crippen LogP contribution in [-0.4, -0.2) is 87.6 Å². The van der Waals surface area contributed by atoms with Gasteiger partial charge in [-0.2, -0.15) is 17.5 Å². The number of benzene rings is 6. The third-order valence-corrected chi connectivity index (χ3v) is 22.1. The van der Waals surface area contributed by atoms with Crippen LogP contribution in [0.5, 0.6) is 0 Å². The molecule has 0 radical (unpaired) electrons. The number of fused-ring (bicyclic) bond motifs is 4. The molecule has 21 aliphatic rings. The third-order valence-electron chi connectivity index (χ3n) is 19.2. The minimum atomic E-state index is -0.750. The molecule has 500 valence electrons. The van der Waals surface area contributed by atoms with Crippen molar-refractivity contribution in [1.29, 1.82) is 0 Å². The predicted octanol–water partition coefficient (Wildman–Crippen LogP) is 18.3. The number of aromatic nitrogens is 4. The van der Waals surface area contributed by atoms with Crippen LogP contribution in [0.3, 0.4) is 0 Å². The van der Waals surface area contributed by atoms with E-state index in [0.717, 1.165) is 66.2 Å². The van der Waals surface area contributed by atoms with Crippen molar-refractivity contribution in [3.63, 3.8) is 0 Å². The first-order valence-electron chi connectivity index (χ1n) is 30.2. The van der Waals surface area contributed by atoms with Crippen LogP contribution in [0.15, 0.2) is 120 Å². The molecular weight excluding hydrogens is 1550 g/mol. The molecule has 0 amide bonds. The Morgan fingerprint density at radius 3 is 0.792 bits per heavy atom. The van der Waals surface area contributed by atoms with Crippen LogP contribution < -0.4 is 21.9 Å². The molecule has 10 aromatic rings. The average molecular weight is 1610 g/mol. The lowest BCUT2D eigenvalue weighted by Gasteiger charge is -2.28. The number of halogens is 12. The van der Waals surface area contributed by atoms with Gasteiger partial charge >= 0.3 is 28.5 Å². The summed E-state index contributed by atoms with van der Waals surface area (Å²) in [7, 11) is -2.48. The van der Waals surface area contributed by atoms with Crippen molar-refractivity contribution >= 4 is 278 Å². The molecule has 0 spiro atoms. The van der Waals surface area contributed by atoms with Crippen molar-refractivity contribution < 1.29 is 37.2 Å². The van der Waals surface area contributed by atoms with Crippen LogP contribution in [0.2, 0.25) is 0 Å². The number of thiophene rings is 2. The number of hydrogen-bond acceptors (Lipinski definition) is 16. The molecule has 17 aliphatic heterocycles. The monoisotopic (exact) mass is 1600 g/mol. The zero-order valence-electron chi connectivity index (χ0n) is 52.0. The van der Waals surface area contributed by atoms with E-state index in [2.05, 4.69) is 175 Å². The van der Waals surface area contributed by atoms with E-state index in [1.54, 1.807) is 22.7 Å². The number of rotatable bonds is 0. The molecule has 4 saturated heterocycles. The van der Waals surface area contributed by atoms with Crippen LogP contribution in [0.4, 0.5) is 0 Å². The Morgan fingerprint density at radius 2 is 0.562 bits per heavy atom. The van der Waals surface area contributed by atoms with Gasteiger partial charge in [0.15, 0.2) is 17.2 Å². The van der Waals surface area contributed by atoms with Crippen molar-refractivity contribution in [2.24, 2.45) is 0 Å². The van der Waals surface area contributed by atoms with Gasteiger partial charge in [-0.15, -0.1) is 22.7 Å². The molecule has 96 heavy (non-hydrogen) atoms. The van der Waals surface area contributed by atoms with E-state index >= 15 is 0 Å². The first-order valence-corrected chi connectivity index (χ1v) is 38.7. The summed E-state index contributed by atoms with van der Waals surface area (Å²) in [5.74, 6) is 0. The Kier molecular flexibility index (Phi) is 21.7. The highest BCUT2D eigenvalue weighted by molar-refractivity contribution is 7.17. The van der Waals surface area contributed by atoms with Crippen molar-refractivity contribution in [2.45, 2.75) is 143 Å². The molecule has 4 fully saturated rings. The van der Waals surface area contributed by atoms with E-state index in [-0.39, 0.29) is 70.5 Å². The van der Waals surface area contributed by atoms with Crippen molar-refractivity contribution in [1.82, 2.24) is 17.5 Å². The highest BCUT2D eigenvalue weighted by atomic mass is 35.6. The summed E-state index contributed by atoms with van der Waals surface area (Å²) in [6, 6.07) is 38.7. The van der Waals surface area contributed by atoms with E-state index in [1.807, 2.05) is 0 Å².